The summed E-state index contributed by atoms with van der Waals surface area (Å²) in [4.78, 5) is 21.1. The van der Waals surface area contributed by atoms with Crippen molar-refractivity contribution in [2.24, 2.45) is 0 Å². The van der Waals surface area contributed by atoms with Gasteiger partial charge in [0.05, 0.1) is 10.3 Å². The van der Waals surface area contributed by atoms with Gasteiger partial charge in [-0.25, -0.2) is 31.5 Å². The molecule has 0 aliphatic heterocycles. The van der Waals surface area contributed by atoms with Crippen molar-refractivity contribution in [1.29, 1.82) is 0 Å². The van der Waals surface area contributed by atoms with E-state index in [0.717, 1.165) is 15.1 Å². The molecular formula is C38H36FN5O5S. The van der Waals surface area contributed by atoms with Crippen LogP contribution in [0.25, 0.3) is 22.2 Å². The van der Waals surface area contributed by atoms with Crippen LogP contribution >= 0.6 is 0 Å². The Morgan fingerprint density at radius 2 is 1.60 bits per heavy atom. The molecule has 0 aliphatic rings. The third-order valence-corrected chi connectivity index (χ3v) is 9.30. The first-order chi connectivity index (χ1) is 23.9. The first-order valence-electron chi connectivity index (χ1n) is 15.9. The molecule has 0 spiro atoms. The number of nitrogens with zero attached hydrogens (tertiary/aromatic N) is 3. The van der Waals surface area contributed by atoms with Crippen molar-refractivity contribution >= 4 is 33.0 Å². The monoisotopic (exact) mass is 693 g/mol. The fourth-order valence-electron chi connectivity index (χ4n) is 5.23. The minimum Gasteiger partial charge on any atom is -0.453 e. The van der Waals surface area contributed by atoms with Gasteiger partial charge in [0, 0.05) is 37.2 Å². The molecule has 3 aromatic heterocycles. The maximum atomic E-state index is 15.5. The number of rotatable bonds is 10. The van der Waals surface area contributed by atoms with E-state index in [1.54, 1.807) is 69.4 Å². The predicted molar refractivity (Wildman–Crippen MR) is 190 cm³/mol. The number of ether oxygens (including phenoxy) is 2. The molecule has 6 rings (SSSR count). The second-order valence-corrected chi connectivity index (χ2v) is 14.5. The molecule has 0 radical (unpaired) electrons. The fourth-order valence-corrected chi connectivity index (χ4v) is 6.55. The standard InChI is InChI=1S/C38H36FN5O5S/c1-25-10-13-29(14-11-25)50(46,47)44-24-30(28-16-18-40-34(21-28)42-22-26-8-6-5-7-9-26)35-33(17-19-41-36(35)44)48-32-15-12-27(20-31(32)39)23-43-37(45)49-38(2,3)4/h5-21,24H,22-23H2,1-4H3,(H,40,42)(H,43,45). The molecule has 0 fully saturated rings. The zero-order valence-corrected chi connectivity index (χ0v) is 28.8. The van der Waals surface area contributed by atoms with E-state index in [1.165, 1.54) is 24.5 Å². The number of benzene rings is 3. The molecule has 2 N–H and O–H groups in total. The third-order valence-electron chi connectivity index (χ3n) is 7.63. The van der Waals surface area contributed by atoms with Gasteiger partial charge in [-0.05, 0) is 86.8 Å². The van der Waals surface area contributed by atoms with E-state index < -0.39 is 27.5 Å². The number of aryl methyl sites for hydroxylation is 1. The highest BCUT2D eigenvalue weighted by molar-refractivity contribution is 7.90. The van der Waals surface area contributed by atoms with Crippen LogP contribution in [0, 0.1) is 12.7 Å². The van der Waals surface area contributed by atoms with Gasteiger partial charge >= 0.3 is 6.09 Å². The third kappa shape index (κ3) is 7.76. The zero-order chi connectivity index (χ0) is 35.5. The van der Waals surface area contributed by atoms with Crippen LogP contribution in [0.15, 0.2) is 114 Å². The van der Waals surface area contributed by atoms with Crippen LogP contribution in [0.1, 0.15) is 37.5 Å². The Morgan fingerprint density at radius 3 is 2.32 bits per heavy atom. The number of carbonyl (C=O) groups excluding carboxylic acids is 1. The number of pyridine rings is 2. The highest BCUT2D eigenvalue weighted by Crippen LogP contribution is 2.40. The molecule has 0 atom stereocenters. The number of carbonyl (C=O) groups is 1. The molecule has 3 aromatic carbocycles. The van der Waals surface area contributed by atoms with Gasteiger partial charge in [0.15, 0.2) is 17.2 Å². The number of aromatic nitrogens is 3. The lowest BCUT2D eigenvalue weighted by atomic mass is 10.1. The number of anilines is 1. The lowest BCUT2D eigenvalue weighted by Crippen LogP contribution is -2.32. The SMILES string of the molecule is Cc1ccc(S(=O)(=O)n2cc(-c3ccnc(NCc4ccccc4)c3)c3c(Oc4ccc(CNC(=O)OC(C)(C)C)cc4F)ccnc32)cc1. The Balaban J connectivity index is 1.38. The lowest BCUT2D eigenvalue weighted by Gasteiger charge is -2.19. The molecule has 6 aromatic rings. The van der Waals surface area contributed by atoms with Crippen molar-refractivity contribution in [2.75, 3.05) is 5.32 Å². The molecule has 256 valence electrons. The van der Waals surface area contributed by atoms with Crippen LogP contribution in [-0.4, -0.2) is 34.1 Å². The molecule has 12 heteroatoms. The van der Waals surface area contributed by atoms with Crippen LogP contribution in [0.5, 0.6) is 11.5 Å². The minimum absolute atomic E-state index is 0.0398. The largest absolute Gasteiger partial charge is 0.453 e. The molecule has 0 saturated heterocycles. The molecule has 10 nitrogen and oxygen atoms in total. The summed E-state index contributed by atoms with van der Waals surface area (Å²) in [5, 5.41) is 6.29. The van der Waals surface area contributed by atoms with Gasteiger partial charge in [-0.15, -0.1) is 0 Å². The Bertz CT molecular complexity index is 2270. The number of alkyl carbamates (subject to hydrolysis) is 1. The van der Waals surface area contributed by atoms with Crippen LogP contribution in [0.2, 0.25) is 0 Å². The van der Waals surface area contributed by atoms with Gasteiger partial charge in [0.1, 0.15) is 17.2 Å². The topological polar surface area (TPSA) is 124 Å². The van der Waals surface area contributed by atoms with Crippen LogP contribution < -0.4 is 15.4 Å². The molecular weight excluding hydrogens is 658 g/mol. The van der Waals surface area contributed by atoms with Crippen molar-refractivity contribution in [3.8, 4) is 22.6 Å². The van der Waals surface area contributed by atoms with Gasteiger partial charge in [-0.1, -0.05) is 54.1 Å². The van der Waals surface area contributed by atoms with Crippen molar-refractivity contribution in [3.63, 3.8) is 0 Å². The van der Waals surface area contributed by atoms with Crippen molar-refractivity contribution < 1.29 is 27.1 Å². The number of halogens is 1. The average molecular weight is 694 g/mol. The van der Waals surface area contributed by atoms with Gasteiger partial charge in [0.2, 0.25) is 0 Å². The lowest BCUT2D eigenvalue weighted by molar-refractivity contribution is 0.0523. The second kappa shape index (κ2) is 14.0. The average Bonchev–Trinajstić information content (AvgIpc) is 3.49. The van der Waals surface area contributed by atoms with Gasteiger partial charge in [-0.3, -0.25) is 0 Å². The van der Waals surface area contributed by atoms with Crippen LogP contribution in [-0.2, 0) is 27.8 Å². The molecule has 0 aliphatic carbocycles. The summed E-state index contributed by atoms with van der Waals surface area (Å²) < 4.78 is 56.1. The maximum absolute atomic E-state index is 15.5. The Labute approximate surface area is 290 Å². The molecule has 0 saturated carbocycles. The van der Waals surface area contributed by atoms with E-state index in [2.05, 4.69) is 20.6 Å². The summed E-state index contributed by atoms with van der Waals surface area (Å²) in [7, 11) is -4.11. The number of amides is 1. The van der Waals surface area contributed by atoms with Crippen molar-refractivity contribution in [2.45, 2.75) is 51.3 Å². The van der Waals surface area contributed by atoms with Crippen molar-refractivity contribution in [3.05, 3.63) is 132 Å². The van der Waals surface area contributed by atoms with Crippen LogP contribution in [0.4, 0.5) is 15.0 Å². The highest BCUT2D eigenvalue weighted by atomic mass is 32.2. The first kappa shape index (κ1) is 34.1. The summed E-state index contributed by atoms with van der Waals surface area (Å²) >= 11 is 0. The van der Waals surface area contributed by atoms with Crippen LogP contribution in [0.3, 0.4) is 0 Å². The number of hydrogen-bond donors (Lipinski definition) is 2. The number of nitrogens with one attached hydrogen (secondary N) is 2. The molecule has 0 bridgehead atoms. The van der Waals surface area contributed by atoms with E-state index in [1.807, 2.05) is 43.3 Å². The first-order valence-corrected chi connectivity index (χ1v) is 17.3. The molecule has 0 unspecified atom stereocenters. The fraction of sp³-hybridized carbons (Fsp3) is 0.184. The summed E-state index contributed by atoms with van der Waals surface area (Å²) in [6.45, 7) is 7.70. The van der Waals surface area contributed by atoms with E-state index in [9.17, 15) is 13.2 Å². The summed E-state index contributed by atoms with van der Waals surface area (Å²) in [6, 6.07) is 25.8. The second-order valence-electron chi connectivity index (χ2n) is 12.7. The van der Waals surface area contributed by atoms with Gasteiger partial charge in [-0.2, -0.15) is 0 Å². The quantitative estimate of drug-likeness (QED) is 0.147. The molecule has 3 heterocycles. The minimum atomic E-state index is -4.11. The Hall–Kier alpha value is -5.75. The number of fused-ring (bicyclic) bond motifs is 1. The van der Waals surface area contributed by atoms with Crippen molar-refractivity contribution in [1.82, 2.24) is 19.3 Å². The molecule has 50 heavy (non-hydrogen) atoms. The number of hydrogen-bond acceptors (Lipinski definition) is 8. The Kier molecular flexibility index (Phi) is 9.56. The summed E-state index contributed by atoms with van der Waals surface area (Å²) in [6.07, 6.45) is 3.92. The maximum Gasteiger partial charge on any atom is 0.407 e. The van der Waals surface area contributed by atoms with E-state index >= 15 is 4.39 Å². The van der Waals surface area contributed by atoms with Gasteiger partial charge < -0.3 is 20.1 Å². The van der Waals surface area contributed by atoms with E-state index in [-0.39, 0.29) is 28.6 Å². The highest BCUT2D eigenvalue weighted by Gasteiger charge is 2.26. The zero-order valence-electron chi connectivity index (χ0n) is 28.0. The summed E-state index contributed by atoms with van der Waals surface area (Å²) in [5.41, 5.74) is 3.03. The predicted octanol–water partition coefficient (Wildman–Crippen LogP) is 8.21. The van der Waals surface area contributed by atoms with E-state index in [0.29, 0.717) is 34.4 Å². The normalized spacial score (nSPS) is 11.7. The smallest absolute Gasteiger partial charge is 0.407 e. The summed E-state index contributed by atoms with van der Waals surface area (Å²) in [5.74, 6) is -0.0137. The van der Waals surface area contributed by atoms with Gasteiger partial charge in [0.25, 0.3) is 10.0 Å². The Morgan fingerprint density at radius 1 is 0.860 bits per heavy atom. The molecule has 1 amide bonds. The van der Waals surface area contributed by atoms with E-state index in [4.69, 9.17) is 9.47 Å².